The van der Waals surface area contributed by atoms with Gasteiger partial charge in [-0.2, -0.15) is 13.8 Å². The summed E-state index contributed by atoms with van der Waals surface area (Å²) in [6, 6.07) is 4.32. The van der Waals surface area contributed by atoms with Crippen LogP contribution in [0.2, 0.25) is 0 Å². The molecule has 0 spiro atoms. The summed E-state index contributed by atoms with van der Waals surface area (Å²) in [6.45, 7) is -2.61. The Morgan fingerprint density at radius 1 is 1.50 bits per heavy atom. The highest BCUT2D eigenvalue weighted by atomic mass is 19.3. The molecule has 1 saturated carbocycles. The number of amides is 1. The maximum Gasteiger partial charge on any atom is 0.388 e. The zero-order valence-corrected chi connectivity index (χ0v) is 11.1. The minimum absolute atomic E-state index is 0.190. The van der Waals surface area contributed by atoms with Gasteiger partial charge in [-0.3, -0.25) is 4.79 Å². The number of hydrogen-bond donors (Lipinski definition) is 1. The Morgan fingerprint density at radius 3 is 2.80 bits per heavy atom. The van der Waals surface area contributed by atoms with E-state index in [2.05, 4.69) is 15.0 Å². The van der Waals surface area contributed by atoms with E-state index < -0.39 is 12.0 Å². The lowest BCUT2D eigenvalue weighted by Gasteiger charge is -2.39. The van der Waals surface area contributed by atoms with Gasteiger partial charge in [-0.25, -0.2) is 0 Å². The summed E-state index contributed by atoms with van der Waals surface area (Å²) in [7, 11) is 1.54. The first-order valence-corrected chi connectivity index (χ1v) is 6.28. The van der Waals surface area contributed by atoms with E-state index in [0.717, 1.165) is 19.3 Å². The van der Waals surface area contributed by atoms with Crippen molar-refractivity contribution in [2.75, 3.05) is 19.0 Å². The highest BCUT2D eigenvalue weighted by Crippen LogP contribution is 2.42. The van der Waals surface area contributed by atoms with Crippen molar-refractivity contribution in [3.8, 4) is 5.88 Å². The minimum Gasteiger partial charge on any atom is -0.417 e. The zero-order chi connectivity index (χ0) is 14.6. The van der Waals surface area contributed by atoms with Crippen LogP contribution in [0.4, 0.5) is 14.6 Å². The predicted octanol–water partition coefficient (Wildman–Crippen LogP) is 2.44. The Kier molecular flexibility index (Phi) is 4.49. The van der Waals surface area contributed by atoms with Crippen LogP contribution in [0.1, 0.15) is 19.3 Å². The molecule has 1 aromatic rings. The molecule has 20 heavy (non-hydrogen) atoms. The number of pyridine rings is 1. The SMILES string of the molecule is COCC1(C(=O)Nc2cccc(OC(F)F)n2)CCC1. The van der Waals surface area contributed by atoms with Gasteiger partial charge in [0.1, 0.15) is 5.82 Å². The molecule has 1 fully saturated rings. The molecular weight excluding hydrogens is 270 g/mol. The quantitative estimate of drug-likeness (QED) is 0.872. The molecular formula is C13H16F2N2O3. The standard InChI is InChI=1S/C13H16F2N2O3/c1-19-8-13(6-3-7-13)11(18)17-9-4-2-5-10(16-9)20-12(14)15/h2,4-5,12H,3,6-8H2,1H3,(H,16,17,18). The lowest BCUT2D eigenvalue weighted by Crippen LogP contribution is -2.45. The molecule has 0 atom stereocenters. The number of nitrogens with one attached hydrogen (secondary N) is 1. The Hall–Kier alpha value is -1.76. The molecule has 110 valence electrons. The molecule has 5 nitrogen and oxygen atoms in total. The second-order valence-electron chi connectivity index (χ2n) is 4.76. The second-order valence-corrected chi connectivity index (χ2v) is 4.76. The summed E-state index contributed by atoms with van der Waals surface area (Å²) in [5.41, 5.74) is -0.532. The van der Waals surface area contributed by atoms with Crippen LogP contribution < -0.4 is 10.1 Å². The van der Waals surface area contributed by atoms with Crippen LogP contribution >= 0.6 is 0 Å². The monoisotopic (exact) mass is 286 g/mol. The van der Waals surface area contributed by atoms with Gasteiger partial charge in [0.15, 0.2) is 0 Å². The fourth-order valence-electron chi connectivity index (χ4n) is 2.21. The predicted molar refractivity (Wildman–Crippen MR) is 67.7 cm³/mol. The van der Waals surface area contributed by atoms with E-state index >= 15 is 0 Å². The van der Waals surface area contributed by atoms with Gasteiger partial charge in [0.2, 0.25) is 11.8 Å². The smallest absolute Gasteiger partial charge is 0.388 e. The van der Waals surface area contributed by atoms with Gasteiger partial charge in [-0.1, -0.05) is 12.5 Å². The van der Waals surface area contributed by atoms with Crippen molar-refractivity contribution in [2.24, 2.45) is 5.41 Å². The average molecular weight is 286 g/mol. The summed E-state index contributed by atoms with van der Waals surface area (Å²) >= 11 is 0. The first kappa shape index (κ1) is 14.6. The molecule has 1 N–H and O–H groups in total. The van der Waals surface area contributed by atoms with Crippen LogP contribution in [-0.2, 0) is 9.53 Å². The number of carbonyl (C=O) groups excluding carboxylic acids is 1. The van der Waals surface area contributed by atoms with Crippen LogP contribution in [0, 0.1) is 5.41 Å². The number of alkyl halides is 2. The van der Waals surface area contributed by atoms with Crippen molar-refractivity contribution >= 4 is 11.7 Å². The van der Waals surface area contributed by atoms with E-state index in [4.69, 9.17) is 4.74 Å². The van der Waals surface area contributed by atoms with Crippen LogP contribution in [0.3, 0.4) is 0 Å². The number of rotatable bonds is 6. The van der Waals surface area contributed by atoms with Gasteiger partial charge in [0.25, 0.3) is 0 Å². The highest BCUT2D eigenvalue weighted by Gasteiger charge is 2.44. The second kappa shape index (κ2) is 6.13. The number of aromatic nitrogens is 1. The third kappa shape index (κ3) is 3.22. The molecule has 0 saturated heterocycles. The van der Waals surface area contributed by atoms with Crippen LogP contribution in [0.25, 0.3) is 0 Å². The number of anilines is 1. The van der Waals surface area contributed by atoms with E-state index in [-0.39, 0.29) is 17.6 Å². The first-order valence-electron chi connectivity index (χ1n) is 6.28. The maximum atomic E-state index is 12.2. The largest absolute Gasteiger partial charge is 0.417 e. The highest BCUT2D eigenvalue weighted by molar-refractivity contribution is 5.95. The Labute approximate surface area is 115 Å². The zero-order valence-electron chi connectivity index (χ0n) is 11.1. The minimum atomic E-state index is -2.94. The van der Waals surface area contributed by atoms with Gasteiger partial charge in [0.05, 0.1) is 12.0 Å². The van der Waals surface area contributed by atoms with Gasteiger partial charge in [-0.05, 0) is 18.9 Å². The molecule has 1 heterocycles. The molecule has 1 aromatic heterocycles. The Balaban J connectivity index is 2.04. The molecule has 1 aliphatic rings. The summed E-state index contributed by atoms with van der Waals surface area (Å²) < 4.78 is 33.5. The molecule has 7 heteroatoms. The first-order chi connectivity index (χ1) is 9.55. The molecule has 0 radical (unpaired) electrons. The number of carbonyl (C=O) groups is 1. The van der Waals surface area contributed by atoms with Crippen LogP contribution in [0.15, 0.2) is 18.2 Å². The molecule has 1 aliphatic carbocycles. The average Bonchev–Trinajstić information content (AvgIpc) is 2.33. The fourth-order valence-corrected chi connectivity index (χ4v) is 2.21. The number of hydrogen-bond acceptors (Lipinski definition) is 4. The molecule has 0 aliphatic heterocycles. The fraction of sp³-hybridized carbons (Fsp3) is 0.538. The summed E-state index contributed by atoms with van der Waals surface area (Å²) in [6.07, 6.45) is 2.47. The van der Waals surface area contributed by atoms with Gasteiger partial charge in [0, 0.05) is 13.2 Å². The maximum absolute atomic E-state index is 12.2. The summed E-state index contributed by atoms with van der Waals surface area (Å²) in [5, 5.41) is 2.63. The van der Waals surface area contributed by atoms with Crippen molar-refractivity contribution in [3.63, 3.8) is 0 Å². The molecule has 1 amide bonds. The van der Waals surface area contributed by atoms with Crippen molar-refractivity contribution < 1.29 is 23.0 Å². The molecule has 0 aromatic carbocycles. The number of halogens is 2. The van der Waals surface area contributed by atoms with Crippen molar-refractivity contribution in [1.29, 1.82) is 0 Å². The normalized spacial score (nSPS) is 16.6. The van der Waals surface area contributed by atoms with E-state index in [9.17, 15) is 13.6 Å². The third-order valence-electron chi connectivity index (χ3n) is 3.39. The van der Waals surface area contributed by atoms with Crippen molar-refractivity contribution in [2.45, 2.75) is 25.9 Å². The van der Waals surface area contributed by atoms with E-state index in [1.807, 2.05) is 0 Å². The van der Waals surface area contributed by atoms with Gasteiger partial charge < -0.3 is 14.8 Å². The molecule has 0 unspecified atom stereocenters. The Morgan fingerprint density at radius 2 is 2.25 bits per heavy atom. The lowest BCUT2D eigenvalue weighted by molar-refractivity contribution is -0.134. The Bertz CT molecular complexity index is 478. The van der Waals surface area contributed by atoms with Crippen molar-refractivity contribution in [1.82, 2.24) is 4.98 Å². The van der Waals surface area contributed by atoms with E-state index in [1.165, 1.54) is 18.2 Å². The third-order valence-corrected chi connectivity index (χ3v) is 3.39. The summed E-state index contributed by atoms with van der Waals surface area (Å²) in [4.78, 5) is 16.0. The van der Waals surface area contributed by atoms with Crippen molar-refractivity contribution in [3.05, 3.63) is 18.2 Å². The van der Waals surface area contributed by atoms with Gasteiger partial charge in [-0.15, -0.1) is 0 Å². The van der Waals surface area contributed by atoms with Gasteiger partial charge >= 0.3 is 6.61 Å². The van der Waals surface area contributed by atoms with E-state index in [1.54, 1.807) is 7.11 Å². The number of nitrogens with zero attached hydrogens (tertiary/aromatic N) is 1. The van der Waals surface area contributed by atoms with Crippen LogP contribution in [0.5, 0.6) is 5.88 Å². The van der Waals surface area contributed by atoms with E-state index in [0.29, 0.717) is 6.61 Å². The molecule has 2 rings (SSSR count). The molecule has 0 bridgehead atoms. The number of ether oxygens (including phenoxy) is 2. The topological polar surface area (TPSA) is 60.5 Å². The number of methoxy groups -OCH3 is 1. The summed E-state index contributed by atoms with van der Waals surface area (Å²) in [5.74, 6) is -0.241. The lowest BCUT2D eigenvalue weighted by atomic mass is 9.68. The van der Waals surface area contributed by atoms with Crippen LogP contribution in [-0.4, -0.2) is 31.2 Å².